The Balaban J connectivity index is 2.34. The zero-order valence-corrected chi connectivity index (χ0v) is 15.1. The molecule has 0 radical (unpaired) electrons. The molecular weight excluding hydrogens is 419 g/mol. The summed E-state index contributed by atoms with van der Waals surface area (Å²) in [5, 5.41) is 1.63. The van der Waals surface area contributed by atoms with Gasteiger partial charge in [-0.15, -0.1) is 0 Å². The van der Waals surface area contributed by atoms with E-state index in [1.54, 1.807) is 12.1 Å². The van der Waals surface area contributed by atoms with Gasteiger partial charge in [0.25, 0.3) is 0 Å². The van der Waals surface area contributed by atoms with Gasteiger partial charge in [-0.3, -0.25) is 0 Å². The van der Waals surface area contributed by atoms with Crippen LogP contribution < -0.4 is 0 Å². The maximum atomic E-state index is 6.27. The molecule has 0 N–H and O–H groups in total. The van der Waals surface area contributed by atoms with Crippen molar-refractivity contribution in [1.82, 2.24) is 0 Å². The van der Waals surface area contributed by atoms with Crippen molar-refractivity contribution in [3.63, 3.8) is 0 Å². The number of ether oxygens (including phenoxy) is 2. The highest BCUT2D eigenvalue weighted by Crippen LogP contribution is 2.47. The molecule has 0 amide bonds. The van der Waals surface area contributed by atoms with Gasteiger partial charge in [-0.2, -0.15) is 0 Å². The molecule has 1 aromatic rings. The fraction of sp³-hybridized carbons (Fsp3) is 0.538. The Morgan fingerprint density at radius 2 is 2.11 bits per heavy atom. The third-order valence-electron chi connectivity index (χ3n) is 3.01. The van der Waals surface area contributed by atoms with E-state index in [4.69, 9.17) is 32.7 Å². The first kappa shape index (κ1) is 16.1. The van der Waals surface area contributed by atoms with Crippen molar-refractivity contribution < 1.29 is 9.47 Å². The van der Waals surface area contributed by atoms with E-state index in [1.165, 1.54) is 0 Å². The predicted octanol–water partition coefficient (Wildman–Crippen LogP) is 5.48. The molecule has 0 spiro atoms. The van der Waals surface area contributed by atoms with E-state index in [-0.39, 0.29) is 0 Å². The second-order valence-electron chi connectivity index (χ2n) is 4.53. The summed E-state index contributed by atoms with van der Waals surface area (Å²) in [5.41, 5.74) is 0.785. The van der Waals surface area contributed by atoms with E-state index < -0.39 is 10.3 Å². The fourth-order valence-electron chi connectivity index (χ4n) is 2.14. The lowest BCUT2D eigenvalue weighted by Gasteiger charge is -2.29. The van der Waals surface area contributed by atoms with Gasteiger partial charge in [0.2, 0.25) is 5.79 Å². The van der Waals surface area contributed by atoms with Crippen LogP contribution in [0.25, 0.3) is 0 Å². The molecule has 1 heterocycles. The summed E-state index contributed by atoms with van der Waals surface area (Å²) in [7, 11) is 0. The number of halogens is 4. The van der Waals surface area contributed by atoms with E-state index in [0.717, 1.165) is 18.4 Å². The first-order valence-corrected chi connectivity index (χ1v) is 8.66. The molecule has 0 bridgehead atoms. The minimum atomic E-state index is -0.875. The highest BCUT2D eigenvalue weighted by Gasteiger charge is 2.50. The standard InChI is InChI=1S/C13H14Br2Cl2O2/c1-2-5-12(15)8-18-13(7-14,19-12)10-4-3-9(16)6-11(10)17/h3-4,6H,2,5,7-8H2,1H3. The van der Waals surface area contributed by atoms with E-state index in [9.17, 15) is 0 Å². The van der Waals surface area contributed by atoms with E-state index in [1.807, 2.05) is 6.07 Å². The van der Waals surface area contributed by atoms with Crippen LogP contribution in [0.5, 0.6) is 0 Å². The quantitative estimate of drug-likeness (QED) is 0.586. The van der Waals surface area contributed by atoms with Crippen molar-refractivity contribution in [3.05, 3.63) is 33.8 Å². The normalized spacial score (nSPS) is 30.8. The van der Waals surface area contributed by atoms with Gasteiger partial charge in [-0.25, -0.2) is 0 Å². The molecule has 1 aliphatic rings. The van der Waals surface area contributed by atoms with Crippen LogP contribution in [-0.4, -0.2) is 16.4 Å². The van der Waals surface area contributed by atoms with Crippen LogP contribution in [-0.2, 0) is 15.3 Å². The van der Waals surface area contributed by atoms with E-state index in [0.29, 0.717) is 22.0 Å². The van der Waals surface area contributed by atoms with Crippen LogP contribution in [0.2, 0.25) is 10.0 Å². The van der Waals surface area contributed by atoms with Gasteiger partial charge in [-0.05, 0) is 18.6 Å². The molecule has 6 heteroatoms. The summed E-state index contributed by atoms with van der Waals surface area (Å²) < 4.78 is 11.6. The zero-order chi connectivity index (χ0) is 14.1. The molecule has 1 saturated heterocycles. The summed E-state index contributed by atoms with van der Waals surface area (Å²) in [6.07, 6.45) is 1.87. The highest BCUT2D eigenvalue weighted by atomic mass is 79.9. The average molecular weight is 433 g/mol. The number of rotatable bonds is 4. The largest absolute Gasteiger partial charge is 0.341 e. The van der Waals surface area contributed by atoms with Crippen LogP contribution in [0.3, 0.4) is 0 Å². The van der Waals surface area contributed by atoms with Crippen LogP contribution in [0.1, 0.15) is 25.3 Å². The lowest BCUT2D eigenvalue weighted by Crippen LogP contribution is -2.33. The molecule has 2 rings (SSSR count). The summed E-state index contributed by atoms with van der Waals surface area (Å²) in [6.45, 7) is 2.58. The van der Waals surface area contributed by atoms with Crippen molar-refractivity contribution in [3.8, 4) is 0 Å². The molecule has 2 atom stereocenters. The van der Waals surface area contributed by atoms with Gasteiger partial charge in [0.1, 0.15) is 4.51 Å². The first-order valence-electron chi connectivity index (χ1n) is 5.99. The second-order valence-corrected chi connectivity index (χ2v) is 7.38. The Labute approximate surface area is 140 Å². The first-order chi connectivity index (χ1) is 8.95. The van der Waals surface area contributed by atoms with Crippen LogP contribution in [0, 0.1) is 0 Å². The zero-order valence-electron chi connectivity index (χ0n) is 10.4. The Morgan fingerprint density at radius 3 is 2.68 bits per heavy atom. The van der Waals surface area contributed by atoms with Crippen LogP contribution in [0.15, 0.2) is 18.2 Å². The monoisotopic (exact) mass is 430 g/mol. The van der Waals surface area contributed by atoms with Gasteiger partial charge >= 0.3 is 0 Å². The average Bonchev–Trinajstić information content (AvgIpc) is 2.68. The minimum Gasteiger partial charge on any atom is -0.341 e. The lowest BCUT2D eigenvalue weighted by atomic mass is 10.1. The van der Waals surface area contributed by atoms with E-state index >= 15 is 0 Å². The van der Waals surface area contributed by atoms with Crippen LogP contribution >= 0.6 is 55.1 Å². The number of alkyl halides is 2. The molecule has 0 aromatic heterocycles. The Kier molecular flexibility index (Phi) is 5.24. The number of hydrogen-bond donors (Lipinski definition) is 0. The van der Waals surface area contributed by atoms with Gasteiger partial charge in [0.05, 0.1) is 17.0 Å². The molecule has 19 heavy (non-hydrogen) atoms. The molecule has 1 fully saturated rings. The topological polar surface area (TPSA) is 18.5 Å². The summed E-state index contributed by atoms with van der Waals surface area (Å²) >= 11 is 19.3. The Bertz CT molecular complexity index is 472. The molecule has 106 valence electrons. The SMILES string of the molecule is CCCC1(Br)COC(CBr)(c2ccc(Cl)cc2Cl)O1. The molecule has 1 aromatic carbocycles. The molecule has 0 aliphatic carbocycles. The third kappa shape index (κ3) is 3.30. The summed E-state index contributed by atoms with van der Waals surface area (Å²) in [6, 6.07) is 5.33. The molecule has 2 nitrogen and oxygen atoms in total. The second kappa shape index (κ2) is 6.20. The van der Waals surface area contributed by atoms with Crippen molar-refractivity contribution in [2.75, 3.05) is 11.9 Å². The number of benzene rings is 1. The van der Waals surface area contributed by atoms with Gasteiger partial charge in [0, 0.05) is 10.6 Å². The Hall–Kier alpha value is 0.680. The maximum Gasteiger partial charge on any atom is 0.208 e. The van der Waals surface area contributed by atoms with Crippen molar-refractivity contribution in [2.45, 2.75) is 30.1 Å². The lowest BCUT2D eigenvalue weighted by molar-refractivity contribution is -0.161. The van der Waals surface area contributed by atoms with Gasteiger partial charge in [-0.1, -0.05) is 74.5 Å². The van der Waals surface area contributed by atoms with Gasteiger partial charge < -0.3 is 9.47 Å². The third-order valence-corrected chi connectivity index (χ3v) is 5.08. The van der Waals surface area contributed by atoms with Crippen molar-refractivity contribution >= 4 is 55.1 Å². The molecule has 2 unspecified atom stereocenters. The van der Waals surface area contributed by atoms with Crippen LogP contribution in [0.4, 0.5) is 0 Å². The van der Waals surface area contributed by atoms with Crippen molar-refractivity contribution in [1.29, 1.82) is 0 Å². The highest BCUT2D eigenvalue weighted by molar-refractivity contribution is 9.10. The molecule has 1 aliphatic heterocycles. The summed E-state index contributed by atoms with van der Waals surface area (Å²) in [4.78, 5) is 0. The van der Waals surface area contributed by atoms with E-state index in [2.05, 4.69) is 38.8 Å². The fourth-order valence-corrected chi connectivity index (χ4v) is 4.05. The maximum absolute atomic E-state index is 6.27. The minimum absolute atomic E-state index is 0.460. The predicted molar refractivity (Wildman–Crippen MR) is 85.5 cm³/mol. The molecular formula is C13H14Br2Cl2O2. The summed E-state index contributed by atoms with van der Waals surface area (Å²) in [5.74, 6) is -0.875. The van der Waals surface area contributed by atoms with Gasteiger partial charge in [0.15, 0.2) is 0 Å². The van der Waals surface area contributed by atoms with Crippen molar-refractivity contribution in [2.24, 2.45) is 0 Å². The number of hydrogen-bond acceptors (Lipinski definition) is 2. The molecule has 0 saturated carbocycles. The smallest absolute Gasteiger partial charge is 0.208 e. The Morgan fingerprint density at radius 1 is 1.37 bits per heavy atom.